The van der Waals surface area contributed by atoms with Gasteiger partial charge in [0.05, 0.1) is 23.3 Å². The van der Waals surface area contributed by atoms with Crippen molar-refractivity contribution in [2.24, 2.45) is 5.10 Å². The van der Waals surface area contributed by atoms with Crippen LogP contribution in [-0.2, 0) is 19.4 Å². The first-order valence-electron chi connectivity index (χ1n) is 11.2. The van der Waals surface area contributed by atoms with Crippen LogP contribution in [0.25, 0.3) is 0 Å². The van der Waals surface area contributed by atoms with Crippen LogP contribution in [0.2, 0.25) is 0 Å². The van der Waals surface area contributed by atoms with Crippen LogP contribution >= 0.6 is 0 Å². The van der Waals surface area contributed by atoms with E-state index in [4.69, 9.17) is 9.47 Å². The van der Waals surface area contributed by atoms with E-state index in [9.17, 15) is 30.8 Å². The summed E-state index contributed by atoms with van der Waals surface area (Å²) in [5.41, 5.74) is 0.209. The van der Waals surface area contributed by atoms with Crippen LogP contribution in [0.1, 0.15) is 24.3 Å². The molecule has 0 radical (unpaired) electrons. The van der Waals surface area contributed by atoms with Crippen LogP contribution in [0, 0.1) is 0 Å². The predicted molar refractivity (Wildman–Crippen MR) is 132 cm³/mol. The summed E-state index contributed by atoms with van der Waals surface area (Å²) < 4.78 is 93.6. The van der Waals surface area contributed by atoms with Gasteiger partial charge in [0.25, 0.3) is 0 Å². The molecule has 9 nitrogen and oxygen atoms in total. The number of ether oxygens (including phenoxy) is 3. The number of nitrogens with zero attached hydrogens (tertiary/aromatic N) is 2. The molecule has 1 amide bonds. The van der Waals surface area contributed by atoms with Gasteiger partial charge in [-0.25, -0.2) is 8.42 Å². The molecule has 1 unspecified atom stereocenters. The Morgan fingerprint density at radius 1 is 1.05 bits per heavy atom. The molecule has 1 aliphatic rings. The van der Waals surface area contributed by atoms with Crippen molar-refractivity contribution in [2.75, 3.05) is 12.4 Å². The third-order valence-electron chi connectivity index (χ3n) is 5.51. The van der Waals surface area contributed by atoms with Gasteiger partial charge in [0.2, 0.25) is 27.9 Å². The van der Waals surface area contributed by atoms with E-state index in [-0.39, 0.29) is 28.5 Å². The monoisotopic (exact) mass is 567 g/mol. The number of alkyl halides is 4. The van der Waals surface area contributed by atoms with Crippen molar-refractivity contribution in [2.45, 2.75) is 30.4 Å². The van der Waals surface area contributed by atoms with Crippen molar-refractivity contribution in [3.05, 3.63) is 77.9 Å². The molecule has 14 heteroatoms. The number of hydrogen-bond donors (Lipinski definition) is 1. The molecule has 3 aromatic carbocycles. The van der Waals surface area contributed by atoms with Crippen LogP contribution in [0.4, 0.5) is 28.9 Å². The number of sulfone groups is 1. The van der Waals surface area contributed by atoms with Crippen molar-refractivity contribution in [1.29, 1.82) is 0 Å². The van der Waals surface area contributed by atoms with Gasteiger partial charge in [-0.15, -0.1) is 5.10 Å². The van der Waals surface area contributed by atoms with Gasteiger partial charge in [0.1, 0.15) is 11.5 Å². The quantitative estimate of drug-likeness (QED) is 0.351. The van der Waals surface area contributed by atoms with Gasteiger partial charge in [-0.05, 0) is 54.6 Å². The molecular weight excluding hydrogens is 546 g/mol. The molecule has 0 aromatic heterocycles. The second-order valence-electron chi connectivity index (χ2n) is 8.03. The molecule has 1 N–H and O–H groups in total. The minimum atomic E-state index is -5.12. The number of benzene rings is 3. The van der Waals surface area contributed by atoms with Gasteiger partial charge in [0, 0.05) is 18.2 Å². The minimum absolute atomic E-state index is 0.0324. The summed E-state index contributed by atoms with van der Waals surface area (Å²) in [4.78, 5) is 11.5. The summed E-state index contributed by atoms with van der Waals surface area (Å²) in [7, 11) is -3.66. The smallest absolute Gasteiger partial charge is 0.387 e. The number of carbonyl (C=O) groups excluding carboxylic acids is 1. The van der Waals surface area contributed by atoms with E-state index in [0.717, 1.165) is 18.0 Å². The lowest BCUT2D eigenvalue weighted by atomic mass is 10.1. The highest BCUT2D eigenvalue weighted by molar-refractivity contribution is 7.91. The van der Waals surface area contributed by atoms with Gasteiger partial charge in [-0.2, -0.15) is 22.6 Å². The molecule has 1 heterocycles. The average Bonchev–Trinajstić information content (AvgIpc) is 3.35. The molecule has 3 aromatic rings. The summed E-state index contributed by atoms with van der Waals surface area (Å²) in [6.07, 6.45) is -1.35. The van der Waals surface area contributed by atoms with Crippen LogP contribution in [0.3, 0.4) is 0 Å². The molecule has 0 spiro atoms. The maximum Gasteiger partial charge on any atom is 0.387 e. The zero-order valence-electron chi connectivity index (χ0n) is 20.3. The zero-order chi connectivity index (χ0) is 28.3. The van der Waals surface area contributed by atoms with Crippen LogP contribution in [-0.4, -0.2) is 44.7 Å². The van der Waals surface area contributed by atoms with Crippen molar-refractivity contribution in [3.8, 4) is 11.5 Å². The summed E-state index contributed by atoms with van der Waals surface area (Å²) in [5, 5.41) is 7.69. The number of nitrogens with one attached hydrogen (secondary N) is 1. The number of hydrazone groups is 1. The predicted octanol–water partition coefficient (Wildman–Crippen LogP) is 5.28. The van der Waals surface area contributed by atoms with Crippen molar-refractivity contribution >= 4 is 33.0 Å². The highest BCUT2D eigenvalue weighted by Gasteiger charge is 2.37. The van der Waals surface area contributed by atoms with Crippen molar-refractivity contribution < 1.29 is 45.0 Å². The van der Waals surface area contributed by atoms with E-state index < -0.39 is 39.2 Å². The van der Waals surface area contributed by atoms with Gasteiger partial charge >= 0.3 is 12.4 Å². The van der Waals surface area contributed by atoms with Crippen molar-refractivity contribution in [1.82, 2.24) is 5.01 Å². The summed E-state index contributed by atoms with van der Waals surface area (Å²) in [6.45, 7) is -2.01. The van der Waals surface area contributed by atoms with Gasteiger partial charge in [-0.3, -0.25) is 4.79 Å². The number of para-hydroxylation sites is 1. The molecule has 0 bridgehead atoms. The number of hydrogen-bond acceptors (Lipinski definition) is 8. The molecule has 4 rings (SSSR count). The van der Waals surface area contributed by atoms with Crippen LogP contribution in [0.5, 0.6) is 11.5 Å². The van der Waals surface area contributed by atoms with E-state index in [1.807, 2.05) is 0 Å². The standard InChI is InChI=1S/C25H21F4N3O6S/c1-14(33)32-23(18-5-3-4-6-20(18)37-24(26)27)38-22(31-32)15-7-12-19(21(13-15)39(34,35)25(28)29)30-16-8-10-17(36-2)11-9-16/h3-13,23-25,30H,1-2H3. The number of methoxy groups -OCH3 is 1. The average molecular weight is 568 g/mol. The molecule has 206 valence electrons. The largest absolute Gasteiger partial charge is 0.497 e. The summed E-state index contributed by atoms with van der Waals surface area (Å²) in [5.74, 6) is -4.43. The maximum absolute atomic E-state index is 13.6. The SMILES string of the molecule is COc1ccc(Nc2ccc(C3=NN(C(C)=O)C(c4ccccc4OC(F)F)O3)cc2S(=O)(=O)C(F)F)cc1. The van der Waals surface area contributed by atoms with E-state index >= 15 is 0 Å². The fourth-order valence-corrected chi connectivity index (χ4v) is 4.60. The summed E-state index contributed by atoms with van der Waals surface area (Å²) in [6, 6.07) is 15.4. The fraction of sp³-hybridized carbons (Fsp3) is 0.200. The molecule has 0 aliphatic carbocycles. The molecule has 1 aliphatic heterocycles. The molecule has 39 heavy (non-hydrogen) atoms. The molecule has 0 saturated heterocycles. The van der Waals surface area contributed by atoms with E-state index in [1.165, 1.54) is 43.5 Å². The first-order valence-corrected chi connectivity index (χ1v) is 12.7. The number of anilines is 2. The first kappa shape index (κ1) is 27.7. The topological polar surface area (TPSA) is 107 Å². The van der Waals surface area contributed by atoms with Gasteiger partial charge in [0.15, 0.2) is 0 Å². The number of rotatable bonds is 9. The third kappa shape index (κ3) is 5.90. The van der Waals surface area contributed by atoms with E-state index in [0.29, 0.717) is 11.4 Å². The number of amides is 1. The lowest BCUT2D eigenvalue weighted by Gasteiger charge is -2.21. The van der Waals surface area contributed by atoms with E-state index in [1.54, 1.807) is 24.3 Å². The Kier molecular flexibility index (Phi) is 7.95. The normalized spacial score (nSPS) is 15.2. The lowest BCUT2D eigenvalue weighted by molar-refractivity contribution is -0.135. The fourth-order valence-electron chi connectivity index (χ4n) is 3.69. The van der Waals surface area contributed by atoms with Gasteiger partial charge in [-0.1, -0.05) is 12.1 Å². The Balaban J connectivity index is 1.74. The van der Waals surface area contributed by atoms with Crippen LogP contribution in [0.15, 0.2) is 76.7 Å². The molecular formula is C25H21F4N3O6S. The Hall–Kier alpha value is -4.33. The van der Waals surface area contributed by atoms with Crippen molar-refractivity contribution in [3.63, 3.8) is 0 Å². The second kappa shape index (κ2) is 11.2. The first-order chi connectivity index (χ1) is 18.5. The zero-order valence-corrected chi connectivity index (χ0v) is 21.2. The molecule has 1 atom stereocenters. The Bertz CT molecular complexity index is 1500. The van der Waals surface area contributed by atoms with Gasteiger partial charge < -0.3 is 19.5 Å². The molecule has 0 saturated carbocycles. The Labute approximate surface area is 220 Å². The highest BCUT2D eigenvalue weighted by atomic mass is 32.2. The Morgan fingerprint density at radius 3 is 2.36 bits per heavy atom. The number of carbonyl (C=O) groups is 1. The van der Waals surface area contributed by atoms with E-state index in [2.05, 4.69) is 15.2 Å². The minimum Gasteiger partial charge on any atom is -0.497 e. The maximum atomic E-state index is 13.6. The second-order valence-corrected chi connectivity index (χ2v) is 9.91. The highest BCUT2D eigenvalue weighted by Crippen LogP contribution is 2.37. The molecule has 0 fully saturated rings. The number of halogens is 4. The third-order valence-corrected chi connectivity index (χ3v) is 6.93. The van der Waals surface area contributed by atoms with Crippen LogP contribution < -0.4 is 14.8 Å². The summed E-state index contributed by atoms with van der Waals surface area (Å²) >= 11 is 0. The Morgan fingerprint density at radius 2 is 1.74 bits per heavy atom. The lowest BCUT2D eigenvalue weighted by Crippen LogP contribution is -2.26.